The molecule has 4 heterocycles. The number of hydrogen-bond acceptors (Lipinski definition) is 5. The number of halogens is 1. The van der Waals surface area contributed by atoms with Crippen LogP contribution in [0.5, 0.6) is 0 Å². The van der Waals surface area contributed by atoms with Gasteiger partial charge in [0.15, 0.2) is 0 Å². The summed E-state index contributed by atoms with van der Waals surface area (Å²) in [7, 11) is 0. The predicted octanol–water partition coefficient (Wildman–Crippen LogP) is 0.835. The second kappa shape index (κ2) is 5.69. The van der Waals surface area contributed by atoms with Crippen molar-refractivity contribution in [2.75, 3.05) is 0 Å². The fourth-order valence-electron chi connectivity index (χ4n) is 4.96. The molecular formula is C19H18FN3O4. The minimum atomic E-state index is -1.03. The van der Waals surface area contributed by atoms with E-state index in [1.807, 2.05) is 0 Å². The summed E-state index contributed by atoms with van der Waals surface area (Å²) in [6, 6.07) is 2.17. The fourth-order valence-corrected chi connectivity index (χ4v) is 4.96. The zero-order valence-corrected chi connectivity index (χ0v) is 14.5. The van der Waals surface area contributed by atoms with E-state index in [2.05, 4.69) is 10.6 Å². The molecule has 1 aliphatic carbocycles. The Labute approximate surface area is 154 Å². The van der Waals surface area contributed by atoms with Crippen LogP contribution in [0.1, 0.15) is 64.3 Å². The van der Waals surface area contributed by atoms with Crippen LogP contribution in [0.2, 0.25) is 0 Å². The Morgan fingerprint density at radius 1 is 1.00 bits per heavy atom. The summed E-state index contributed by atoms with van der Waals surface area (Å²) in [6.07, 6.45) is 2.66. The van der Waals surface area contributed by atoms with Gasteiger partial charge in [-0.1, -0.05) is 0 Å². The van der Waals surface area contributed by atoms with Gasteiger partial charge >= 0.3 is 0 Å². The number of imide groups is 2. The smallest absolute Gasteiger partial charge is 0.262 e. The molecule has 3 unspecified atom stereocenters. The molecule has 1 aromatic rings. The maximum Gasteiger partial charge on any atom is 0.262 e. The average molecular weight is 371 g/mol. The Morgan fingerprint density at radius 3 is 2.37 bits per heavy atom. The van der Waals surface area contributed by atoms with Gasteiger partial charge in [-0.25, -0.2) is 4.39 Å². The van der Waals surface area contributed by atoms with E-state index >= 15 is 0 Å². The van der Waals surface area contributed by atoms with Crippen LogP contribution in [0.15, 0.2) is 12.1 Å². The number of hydrogen-bond donors (Lipinski definition) is 2. The molecule has 0 aromatic heterocycles. The van der Waals surface area contributed by atoms with Crippen LogP contribution >= 0.6 is 0 Å². The topological polar surface area (TPSA) is 95.6 Å². The molecule has 27 heavy (non-hydrogen) atoms. The number of rotatable bonds is 2. The monoisotopic (exact) mass is 371 g/mol. The van der Waals surface area contributed by atoms with E-state index in [1.165, 1.54) is 12.1 Å². The number of piperidine rings is 2. The highest BCUT2D eigenvalue weighted by Gasteiger charge is 2.48. The summed E-state index contributed by atoms with van der Waals surface area (Å²) in [5.74, 6) is -2.91. The second-order valence-electron chi connectivity index (χ2n) is 7.80. The third-order valence-corrected chi connectivity index (χ3v) is 6.18. The molecule has 1 saturated carbocycles. The van der Waals surface area contributed by atoms with Crippen LogP contribution in [0.4, 0.5) is 4.39 Å². The van der Waals surface area contributed by atoms with Crippen molar-refractivity contribution in [3.63, 3.8) is 0 Å². The van der Waals surface area contributed by atoms with E-state index < -0.39 is 35.5 Å². The lowest BCUT2D eigenvalue weighted by atomic mass is 9.72. The van der Waals surface area contributed by atoms with E-state index in [1.54, 1.807) is 0 Å². The van der Waals surface area contributed by atoms with Crippen molar-refractivity contribution in [1.29, 1.82) is 0 Å². The van der Waals surface area contributed by atoms with Crippen molar-refractivity contribution in [1.82, 2.24) is 15.5 Å². The third kappa shape index (κ3) is 2.36. The zero-order chi connectivity index (χ0) is 18.9. The van der Waals surface area contributed by atoms with Gasteiger partial charge in [0.1, 0.15) is 11.9 Å². The molecule has 0 radical (unpaired) electrons. The van der Waals surface area contributed by atoms with Gasteiger partial charge < -0.3 is 5.32 Å². The fraction of sp³-hybridized carbons (Fsp3) is 0.474. The molecule has 3 saturated heterocycles. The van der Waals surface area contributed by atoms with Crippen molar-refractivity contribution >= 4 is 23.6 Å². The number of fused-ring (bicyclic) bond motifs is 3. The molecule has 1 aromatic carbocycles. The van der Waals surface area contributed by atoms with Gasteiger partial charge in [0, 0.05) is 24.1 Å². The van der Waals surface area contributed by atoms with Crippen LogP contribution in [-0.2, 0) is 9.59 Å². The molecule has 2 N–H and O–H groups in total. The quantitative estimate of drug-likeness (QED) is 0.751. The van der Waals surface area contributed by atoms with Crippen molar-refractivity contribution in [2.24, 2.45) is 0 Å². The molecule has 7 nitrogen and oxygen atoms in total. The van der Waals surface area contributed by atoms with E-state index in [0.717, 1.165) is 24.2 Å². The Kier molecular flexibility index (Phi) is 3.49. The average Bonchev–Trinajstić information content (AvgIpc) is 2.86. The van der Waals surface area contributed by atoms with Crippen molar-refractivity contribution < 1.29 is 23.6 Å². The van der Waals surface area contributed by atoms with Crippen LogP contribution in [0.3, 0.4) is 0 Å². The molecule has 2 bridgehead atoms. The molecule has 4 fully saturated rings. The van der Waals surface area contributed by atoms with Crippen LogP contribution in [0, 0.1) is 5.82 Å². The lowest BCUT2D eigenvalue weighted by Gasteiger charge is -2.47. The summed E-state index contributed by atoms with van der Waals surface area (Å²) in [5.41, 5.74) is 0.543. The van der Waals surface area contributed by atoms with Gasteiger partial charge in [-0.3, -0.25) is 29.4 Å². The summed E-state index contributed by atoms with van der Waals surface area (Å²) < 4.78 is 14.7. The van der Waals surface area contributed by atoms with Gasteiger partial charge in [-0.05, 0) is 43.7 Å². The Balaban J connectivity index is 1.54. The summed E-state index contributed by atoms with van der Waals surface area (Å²) in [5, 5.41) is 5.56. The molecule has 0 spiro atoms. The first-order valence-electron chi connectivity index (χ1n) is 9.24. The van der Waals surface area contributed by atoms with E-state index in [9.17, 15) is 23.6 Å². The van der Waals surface area contributed by atoms with Gasteiger partial charge in [0.05, 0.1) is 11.1 Å². The molecular weight excluding hydrogens is 353 g/mol. The SMILES string of the molecule is O=C1CCC(N2C(=O)c3ccc(F)c(C4CC5CC(C4)N5)c3C2=O)C(=O)N1. The van der Waals surface area contributed by atoms with Crippen LogP contribution < -0.4 is 10.6 Å². The van der Waals surface area contributed by atoms with Gasteiger partial charge in [-0.2, -0.15) is 0 Å². The largest absolute Gasteiger partial charge is 0.311 e. The number of carbonyl (C=O) groups is 4. The van der Waals surface area contributed by atoms with Crippen molar-refractivity contribution in [3.8, 4) is 0 Å². The summed E-state index contributed by atoms with van der Waals surface area (Å²) in [6.45, 7) is 0. The van der Waals surface area contributed by atoms with E-state index in [-0.39, 0.29) is 29.9 Å². The molecule has 4 amide bonds. The minimum Gasteiger partial charge on any atom is -0.311 e. The van der Waals surface area contributed by atoms with Crippen LogP contribution in [-0.4, -0.2) is 46.7 Å². The Hall–Kier alpha value is -2.61. The number of nitrogens with zero attached hydrogens (tertiary/aromatic N) is 1. The van der Waals surface area contributed by atoms with Gasteiger partial charge in [0.25, 0.3) is 11.8 Å². The predicted molar refractivity (Wildman–Crippen MR) is 90.4 cm³/mol. The highest BCUT2D eigenvalue weighted by atomic mass is 19.1. The summed E-state index contributed by atoms with van der Waals surface area (Å²) >= 11 is 0. The third-order valence-electron chi connectivity index (χ3n) is 6.18. The van der Waals surface area contributed by atoms with Gasteiger partial charge in [-0.15, -0.1) is 0 Å². The maximum absolute atomic E-state index is 14.7. The maximum atomic E-state index is 14.7. The van der Waals surface area contributed by atoms with Crippen molar-refractivity contribution in [3.05, 3.63) is 34.6 Å². The first-order chi connectivity index (χ1) is 12.9. The zero-order valence-electron chi connectivity index (χ0n) is 14.5. The Bertz CT molecular complexity index is 898. The number of nitrogens with one attached hydrogen (secondary N) is 2. The van der Waals surface area contributed by atoms with E-state index in [0.29, 0.717) is 17.6 Å². The first-order valence-corrected chi connectivity index (χ1v) is 9.24. The molecule has 4 aliphatic heterocycles. The number of amides is 4. The summed E-state index contributed by atoms with van der Waals surface area (Å²) in [4.78, 5) is 50.4. The minimum absolute atomic E-state index is 0.0582. The molecule has 6 rings (SSSR count). The molecule has 8 heteroatoms. The molecule has 140 valence electrons. The Morgan fingerprint density at radius 2 is 1.70 bits per heavy atom. The van der Waals surface area contributed by atoms with Crippen molar-refractivity contribution in [2.45, 2.75) is 56.1 Å². The first kappa shape index (κ1) is 16.6. The van der Waals surface area contributed by atoms with Gasteiger partial charge in [0.2, 0.25) is 11.8 Å². The number of carbonyl (C=O) groups excluding carboxylic acids is 4. The number of benzene rings is 1. The highest BCUT2D eigenvalue weighted by molar-refractivity contribution is 6.24. The lowest BCUT2D eigenvalue weighted by Crippen LogP contribution is -2.57. The lowest BCUT2D eigenvalue weighted by molar-refractivity contribution is -0.136. The van der Waals surface area contributed by atoms with Crippen LogP contribution in [0.25, 0.3) is 0 Å². The molecule has 5 aliphatic rings. The normalized spacial score (nSPS) is 32.3. The highest BCUT2D eigenvalue weighted by Crippen LogP contribution is 2.43. The molecule has 3 atom stereocenters. The standard InChI is InChI=1S/C19H18FN3O4/c20-12-2-1-11-16(15(12)8-5-9-7-10(6-8)21-9)19(27)23(18(11)26)13-3-4-14(24)22-17(13)25/h1-2,8-10,13,21H,3-7H2,(H,22,24,25). The second-order valence-corrected chi connectivity index (χ2v) is 7.80. The van der Waals surface area contributed by atoms with E-state index in [4.69, 9.17) is 0 Å².